The van der Waals surface area contributed by atoms with Crippen molar-refractivity contribution < 1.29 is 4.39 Å². The molecule has 0 aliphatic carbocycles. The van der Waals surface area contributed by atoms with Crippen LogP contribution in [0.5, 0.6) is 0 Å². The van der Waals surface area contributed by atoms with Crippen molar-refractivity contribution in [2.24, 2.45) is 0 Å². The van der Waals surface area contributed by atoms with Crippen LogP contribution < -0.4 is 5.32 Å². The minimum atomic E-state index is -0.170. The Morgan fingerprint density at radius 2 is 1.70 bits per heavy atom. The summed E-state index contributed by atoms with van der Waals surface area (Å²) in [6, 6.07) is 15.6. The summed E-state index contributed by atoms with van der Waals surface area (Å²) in [6.07, 6.45) is 0.809. The molecule has 0 fully saturated rings. The molecule has 2 aromatic rings. The molecule has 2 aromatic carbocycles. The lowest BCUT2D eigenvalue weighted by Gasteiger charge is -2.16. The van der Waals surface area contributed by atoms with Crippen molar-refractivity contribution in [3.8, 4) is 0 Å². The van der Waals surface area contributed by atoms with Crippen LogP contribution in [0.15, 0.2) is 48.5 Å². The van der Waals surface area contributed by atoms with Crippen molar-refractivity contribution in [2.45, 2.75) is 39.2 Å². The lowest BCUT2D eigenvalue weighted by molar-refractivity contribution is 0.624. The van der Waals surface area contributed by atoms with Gasteiger partial charge in [0.25, 0.3) is 0 Å². The molecule has 0 saturated heterocycles. The highest BCUT2D eigenvalue weighted by Gasteiger charge is 2.05. The Morgan fingerprint density at radius 1 is 1.00 bits per heavy atom. The molecular formula is C18H22FN. The minimum Gasteiger partial charge on any atom is -0.382 e. The Bertz CT molecular complexity index is 546. The smallest absolute Gasteiger partial charge is 0.123 e. The first kappa shape index (κ1) is 14.6. The molecule has 0 bridgehead atoms. The van der Waals surface area contributed by atoms with Crippen LogP contribution in [0.2, 0.25) is 0 Å². The average Bonchev–Trinajstić information content (AvgIpc) is 2.39. The van der Waals surface area contributed by atoms with Gasteiger partial charge in [0, 0.05) is 11.7 Å². The highest BCUT2D eigenvalue weighted by molar-refractivity contribution is 5.46. The van der Waals surface area contributed by atoms with Gasteiger partial charge in [0.15, 0.2) is 0 Å². The zero-order valence-corrected chi connectivity index (χ0v) is 12.4. The van der Waals surface area contributed by atoms with Crippen LogP contribution >= 0.6 is 0 Å². The van der Waals surface area contributed by atoms with E-state index in [9.17, 15) is 4.39 Å². The fraction of sp³-hybridized carbons (Fsp3) is 0.333. The molecule has 0 aromatic heterocycles. The average molecular weight is 271 g/mol. The van der Waals surface area contributed by atoms with Crippen molar-refractivity contribution in [1.82, 2.24) is 0 Å². The van der Waals surface area contributed by atoms with E-state index in [0.29, 0.717) is 5.92 Å². The van der Waals surface area contributed by atoms with Crippen LogP contribution in [0, 0.1) is 5.82 Å². The molecular weight excluding hydrogens is 249 g/mol. The van der Waals surface area contributed by atoms with Crippen molar-refractivity contribution in [2.75, 3.05) is 5.32 Å². The molecule has 106 valence electrons. The van der Waals surface area contributed by atoms with E-state index >= 15 is 0 Å². The molecule has 0 aliphatic heterocycles. The lowest BCUT2D eigenvalue weighted by Crippen LogP contribution is -2.18. The highest BCUT2D eigenvalue weighted by Crippen LogP contribution is 2.18. The summed E-state index contributed by atoms with van der Waals surface area (Å²) in [5.41, 5.74) is 3.47. The topological polar surface area (TPSA) is 12.0 Å². The molecule has 0 saturated carbocycles. The molecule has 1 unspecified atom stereocenters. The third-order valence-corrected chi connectivity index (χ3v) is 3.42. The molecule has 0 spiro atoms. The standard InChI is InChI=1S/C18H22FN/c1-13(2)16-7-9-18(10-8-16)20-14(3)11-15-5-4-6-17(19)12-15/h4-10,12-14,20H,11H2,1-3H3. The van der Waals surface area contributed by atoms with E-state index in [2.05, 4.69) is 50.4 Å². The van der Waals surface area contributed by atoms with Gasteiger partial charge in [-0.05, 0) is 54.7 Å². The minimum absolute atomic E-state index is 0.170. The molecule has 20 heavy (non-hydrogen) atoms. The molecule has 0 radical (unpaired) electrons. The second-order valence-corrected chi connectivity index (χ2v) is 5.66. The largest absolute Gasteiger partial charge is 0.382 e. The normalized spacial score (nSPS) is 12.4. The van der Waals surface area contributed by atoms with Crippen LogP contribution in [0.4, 0.5) is 10.1 Å². The first-order chi connectivity index (χ1) is 9.54. The lowest BCUT2D eigenvalue weighted by atomic mass is 10.0. The van der Waals surface area contributed by atoms with E-state index in [0.717, 1.165) is 17.7 Å². The predicted molar refractivity (Wildman–Crippen MR) is 83.7 cm³/mol. The number of benzene rings is 2. The van der Waals surface area contributed by atoms with Crippen molar-refractivity contribution in [1.29, 1.82) is 0 Å². The molecule has 2 heteroatoms. The van der Waals surface area contributed by atoms with Gasteiger partial charge < -0.3 is 5.32 Å². The molecule has 0 amide bonds. The fourth-order valence-electron chi connectivity index (χ4n) is 2.32. The quantitative estimate of drug-likeness (QED) is 0.807. The summed E-state index contributed by atoms with van der Waals surface area (Å²) in [7, 11) is 0. The number of anilines is 1. The number of rotatable bonds is 5. The van der Waals surface area contributed by atoms with Crippen LogP contribution in [0.3, 0.4) is 0 Å². The van der Waals surface area contributed by atoms with Gasteiger partial charge in [-0.25, -0.2) is 4.39 Å². The Morgan fingerprint density at radius 3 is 2.30 bits per heavy atom. The van der Waals surface area contributed by atoms with Gasteiger partial charge in [0.2, 0.25) is 0 Å². The maximum absolute atomic E-state index is 13.1. The molecule has 1 atom stereocenters. The molecule has 0 heterocycles. The summed E-state index contributed by atoms with van der Waals surface area (Å²) in [5, 5.41) is 3.45. The highest BCUT2D eigenvalue weighted by atomic mass is 19.1. The van der Waals surface area contributed by atoms with Crippen molar-refractivity contribution in [3.05, 3.63) is 65.5 Å². The molecule has 2 rings (SSSR count). The van der Waals surface area contributed by atoms with Gasteiger partial charge >= 0.3 is 0 Å². The second kappa shape index (κ2) is 6.56. The number of hydrogen-bond acceptors (Lipinski definition) is 1. The fourth-order valence-corrected chi connectivity index (χ4v) is 2.32. The summed E-state index contributed by atoms with van der Waals surface area (Å²) in [4.78, 5) is 0. The van der Waals surface area contributed by atoms with Gasteiger partial charge in [-0.15, -0.1) is 0 Å². The van der Waals surface area contributed by atoms with Gasteiger partial charge in [-0.1, -0.05) is 38.1 Å². The zero-order valence-electron chi connectivity index (χ0n) is 12.4. The van der Waals surface area contributed by atoms with E-state index < -0.39 is 0 Å². The molecule has 1 N–H and O–H groups in total. The summed E-state index contributed by atoms with van der Waals surface area (Å²) in [5.74, 6) is 0.379. The van der Waals surface area contributed by atoms with Crippen LogP contribution in [0.1, 0.15) is 37.8 Å². The molecule has 0 aliphatic rings. The van der Waals surface area contributed by atoms with Crippen molar-refractivity contribution in [3.63, 3.8) is 0 Å². The first-order valence-corrected chi connectivity index (χ1v) is 7.15. The van der Waals surface area contributed by atoms with Crippen LogP contribution in [-0.4, -0.2) is 6.04 Å². The van der Waals surface area contributed by atoms with Crippen LogP contribution in [0.25, 0.3) is 0 Å². The summed E-state index contributed by atoms with van der Waals surface area (Å²) >= 11 is 0. The van der Waals surface area contributed by atoms with E-state index in [1.165, 1.54) is 11.6 Å². The monoisotopic (exact) mass is 271 g/mol. The van der Waals surface area contributed by atoms with Gasteiger partial charge in [-0.3, -0.25) is 0 Å². The Labute approximate surface area is 120 Å². The van der Waals surface area contributed by atoms with E-state index in [1.807, 2.05) is 6.07 Å². The Kier molecular flexibility index (Phi) is 4.78. The number of hydrogen-bond donors (Lipinski definition) is 1. The first-order valence-electron chi connectivity index (χ1n) is 7.15. The SMILES string of the molecule is CC(Cc1cccc(F)c1)Nc1ccc(C(C)C)cc1. The van der Waals surface area contributed by atoms with Crippen LogP contribution in [-0.2, 0) is 6.42 Å². The van der Waals surface area contributed by atoms with E-state index in [-0.39, 0.29) is 11.9 Å². The Hall–Kier alpha value is -1.83. The number of halogens is 1. The number of nitrogens with one attached hydrogen (secondary N) is 1. The van der Waals surface area contributed by atoms with Crippen molar-refractivity contribution >= 4 is 5.69 Å². The van der Waals surface area contributed by atoms with E-state index in [4.69, 9.17) is 0 Å². The predicted octanol–water partition coefficient (Wildman–Crippen LogP) is 4.99. The van der Waals surface area contributed by atoms with Gasteiger partial charge in [0.05, 0.1) is 0 Å². The summed E-state index contributed by atoms with van der Waals surface area (Å²) < 4.78 is 13.1. The maximum Gasteiger partial charge on any atom is 0.123 e. The van der Waals surface area contributed by atoms with Gasteiger partial charge in [0.1, 0.15) is 5.82 Å². The Balaban J connectivity index is 1.95. The zero-order chi connectivity index (χ0) is 14.5. The molecule has 1 nitrogen and oxygen atoms in total. The summed E-state index contributed by atoms with van der Waals surface area (Å²) in [6.45, 7) is 6.49. The van der Waals surface area contributed by atoms with E-state index in [1.54, 1.807) is 12.1 Å². The van der Waals surface area contributed by atoms with Gasteiger partial charge in [-0.2, -0.15) is 0 Å². The third-order valence-electron chi connectivity index (χ3n) is 3.42. The maximum atomic E-state index is 13.1. The third kappa shape index (κ3) is 4.09. The second-order valence-electron chi connectivity index (χ2n) is 5.66.